The second kappa shape index (κ2) is 9.76. The topological polar surface area (TPSA) is 67.4 Å². The van der Waals surface area contributed by atoms with Gasteiger partial charge in [0.05, 0.1) is 0 Å². The first-order valence-electron chi connectivity index (χ1n) is 9.18. The Bertz CT molecular complexity index is 685. The fourth-order valence-corrected chi connectivity index (χ4v) is 2.74. The van der Waals surface area contributed by atoms with Gasteiger partial charge >= 0.3 is 6.09 Å². The van der Waals surface area contributed by atoms with Crippen molar-refractivity contribution in [1.29, 1.82) is 0 Å². The molecule has 2 rings (SSSR count). The number of hydrogen-bond acceptors (Lipinski definition) is 3. The van der Waals surface area contributed by atoms with Crippen LogP contribution in [0.15, 0.2) is 60.7 Å². The molecule has 0 saturated carbocycles. The molecule has 2 aromatic carbocycles. The standard InChI is InChI=1S/C22H28N2O3/c1-22(2,3)27-21(26)24-15-14-23-20(25)16-19(17-10-6-4-7-11-17)18-12-8-5-9-13-18/h4-13,19H,14-16H2,1-3H3,(H,23,25)(H,24,26). The molecule has 5 nitrogen and oxygen atoms in total. The summed E-state index contributed by atoms with van der Waals surface area (Å²) in [5, 5.41) is 5.50. The summed E-state index contributed by atoms with van der Waals surface area (Å²) < 4.78 is 5.16. The lowest BCUT2D eigenvalue weighted by molar-refractivity contribution is -0.121. The third kappa shape index (κ3) is 7.52. The first-order chi connectivity index (χ1) is 12.8. The van der Waals surface area contributed by atoms with E-state index in [1.807, 2.05) is 81.4 Å². The Balaban J connectivity index is 1.87. The van der Waals surface area contributed by atoms with Gasteiger partial charge in [0.1, 0.15) is 5.60 Å². The predicted octanol–water partition coefficient (Wildman–Crippen LogP) is 3.85. The van der Waals surface area contributed by atoms with Gasteiger partial charge in [-0.2, -0.15) is 0 Å². The maximum absolute atomic E-state index is 12.4. The molecule has 0 heterocycles. The van der Waals surface area contributed by atoms with Gasteiger partial charge in [0.25, 0.3) is 0 Å². The summed E-state index contributed by atoms with van der Waals surface area (Å²) in [6.45, 7) is 6.10. The van der Waals surface area contributed by atoms with E-state index >= 15 is 0 Å². The Morgan fingerprint density at radius 2 is 1.33 bits per heavy atom. The van der Waals surface area contributed by atoms with E-state index in [-0.39, 0.29) is 11.8 Å². The molecule has 0 radical (unpaired) electrons. The molecule has 0 aliphatic heterocycles. The summed E-state index contributed by atoms with van der Waals surface area (Å²) in [7, 11) is 0. The molecule has 5 heteroatoms. The smallest absolute Gasteiger partial charge is 0.407 e. The summed E-state index contributed by atoms with van der Waals surface area (Å²) in [6.07, 6.45) is -0.135. The minimum atomic E-state index is -0.536. The molecule has 0 atom stereocenters. The Labute approximate surface area is 161 Å². The SMILES string of the molecule is CC(C)(C)OC(=O)NCCNC(=O)CC(c1ccccc1)c1ccccc1. The van der Waals surface area contributed by atoms with E-state index < -0.39 is 11.7 Å². The molecule has 0 fully saturated rings. The van der Waals surface area contributed by atoms with Gasteiger partial charge in [0.2, 0.25) is 5.91 Å². The van der Waals surface area contributed by atoms with Crippen molar-refractivity contribution in [3.8, 4) is 0 Å². The van der Waals surface area contributed by atoms with E-state index in [0.717, 1.165) is 11.1 Å². The van der Waals surface area contributed by atoms with Gasteiger partial charge in [0, 0.05) is 25.4 Å². The van der Waals surface area contributed by atoms with Crippen LogP contribution in [0, 0.1) is 0 Å². The van der Waals surface area contributed by atoms with Gasteiger partial charge in [-0.05, 0) is 31.9 Å². The van der Waals surface area contributed by atoms with Crippen molar-refractivity contribution >= 4 is 12.0 Å². The van der Waals surface area contributed by atoms with Crippen LogP contribution in [-0.2, 0) is 9.53 Å². The largest absolute Gasteiger partial charge is 0.444 e. The summed E-state index contributed by atoms with van der Waals surface area (Å²) in [5.74, 6) is -0.0649. The third-order valence-corrected chi connectivity index (χ3v) is 3.91. The van der Waals surface area contributed by atoms with Crippen molar-refractivity contribution in [3.05, 3.63) is 71.8 Å². The third-order valence-electron chi connectivity index (χ3n) is 3.91. The highest BCUT2D eigenvalue weighted by molar-refractivity contribution is 5.77. The van der Waals surface area contributed by atoms with E-state index in [9.17, 15) is 9.59 Å². The fraction of sp³-hybridized carbons (Fsp3) is 0.364. The maximum Gasteiger partial charge on any atom is 0.407 e. The van der Waals surface area contributed by atoms with Crippen molar-refractivity contribution in [2.24, 2.45) is 0 Å². The molecule has 2 N–H and O–H groups in total. The average Bonchev–Trinajstić information content (AvgIpc) is 2.63. The zero-order chi connectivity index (χ0) is 19.7. The molecule has 27 heavy (non-hydrogen) atoms. The highest BCUT2D eigenvalue weighted by atomic mass is 16.6. The van der Waals surface area contributed by atoms with Gasteiger partial charge in [-0.1, -0.05) is 60.7 Å². The molecular formula is C22H28N2O3. The molecular weight excluding hydrogens is 340 g/mol. The monoisotopic (exact) mass is 368 g/mol. The quantitative estimate of drug-likeness (QED) is 0.730. The molecule has 2 aromatic rings. The van der Waals surface area contributed by atoms with Crippen LogP contribution in [0.25, 0.3) is 0 Å². The Morgan fingerprint density at radius 1 is 0.852 bits per heavy atom. The second-order valence-electron chi connectivity index (χ2n) is 7.36. The number of alkyl carbamates (subject to hydrolysis) is 1. The first kappa shape index (κ1) is 20.5. The second-order valence-corrected chi connectivity index (χ2v) is 7.36. The van der Waals surface area contributed by atoms with Crippen molar-refractivity contribution in [2.45, 2.75) is 38.7 Å². The molecule has 0 unspecified atom stereocenters. The van der Waals surface area contributed by atoms with Crippen molar-refractivity contribution in [2.75, 3.05) is 13.1 Å². The van der Waals surface area contributed by atoms with Crippen molar-refractivity contribution in [1.82, 2.24) is 10.6 Å². The Hall–Kier alpha value is -2.82. The number of carbonyl (C=O) groups excluding carboxylic acids is 2. The van der Waals surface area contributed by atoms with Gasteiger partial charge in [0.15, 0.2) is 0 Å². The molecule has 0 aromatic heterocycles. The minimum Gasteiger partial charge on any atom is -0.444 e. The maximum atomic E-state index is 12.4. The van der Waals surface area contributed by atoms with Crippen LogP contribution in [0.4, 0.5) is 4.79 Å². The van der Waals surface area contributed by atoms with E-state index in [2.05, 4.69) is 10.6 Å². The lowest BCUT2D eigenvalue weighted by atomic mass is 9.88. The summed E-state index contributed by atoms with van der Waals surface area (Å²) in [4.78, 5) is 24.0. The van der Waals surface area contributed by atoms with Crippen LogP contribution in [0.1, 0.15) is 44.2 Å². The number of rotatable bonds is 7. The normalized spacial score (nSPS) is 11.1. The predicted molar refractivity (Wildman–Crippen MR) is 107 cm³/mol. The highest BCUT2D eigenvalue weighted by Gasteiger charge is 2.18. The molecule has 2 amide bonds. The lowest BCUT2D eigenvalue weighted by Crippen LogP contribution is -2.38. The highest BCUT2D eigenvalue weighted by Crippen LogP contribution is 2.27. The fourth-order valence-electron chi connectivity index (χ4n) is 2.74. The molecule has 0 aliphatic rings. The Morgan fingerprint density at radius 3 is 1.81 bits per heavy atom. The van der Waals surface area contributed by atoms with E-state index in [1.165, 1.54) is 0 Å². The summed E-state index contributed by atoms with van der Waals surface area (Å²) >= 11 is 0. The number of benzene rings is 2. The van der Waals surface area contributed by atoms with Crippen LogP contribution in [-0.4, -0.2) is 30.7 Å². The molecule has 0 bridgehead atoms. The zero-order valence-corrected chi connectivity index (χ0v) is 16.2. The number of amides is 2. The lowest BCUT2D eigenvalue weighted by Gasteiger charge is -2.20. The molecule has 0 spiro atoms. The Kier molecular flexibility index (Phi) is 7.41. The van der Waals surface area contributed by atoms with Gasteiger partial charge in [-0.3, -0.25) is 4.79 Å². The van der Waals surface area contributed by atoms with Gasteiger partial charge < -0.3 is 15.4 Å². The number of ether oxygens (including phenoxy) is 1. The number of carbonyl (C=O) groups is 2. The summed E-state index contributed by atoms with van der Waals surface area (Å²) in [5.41, 5.74) is 1.67. The van der Waals surface area contributed by atoms with Crippen LogP contribution in [0.2, 0.25) is 0 Å². The number of nitrogens with one attached hydrogen (secondary N) is 2. The van der Waals surface area contributed by atoms with Crippen molar-refractivity contribution in [3.63, 3.8) is 0 Å². The van der Waals surface area contributed by atoms with Crippen LogP contribution >= 0.6 is 0 Å². The van der Waals surface area contributed by atoms with E-state index in [0.29, 0.717) is 19.5 Å². The summed E-state index contributed by atoms with van der Waals surface area (Å²) in [6, 6.07) is 20.0. The molecule has 144 valence electrons. The molecule has 0 aliphatic carbocycles. The van der Waals surface area contributed by atoms with Crippen LogP contribution < -0.4 is 10.6 Å². The van der Waals surface area contributed by atoms with E-state index in [4.69, 9.17) is 4.74 Å². The van der Waals surface area contributed by atoms with Crippen LogP contribution in [0.5, 0.6) is 0 Å². The van der Waals surface area contributed by atoms with Crippen LogP contribution in [0.3, 0.4) is 0 Å². The first-order valence-corrected chi connectivity index (χ1v) is 9.18. The average molecular weight is 368 g/mol. The van der Waals surface area contributed by atoms with Gasteiger partial charge in [-0.25, -0.2) is 4.79 Å². The number of hydrogen-bond donors (Lipinski definition) is 2. The van der Waals surface area contributed by atoms with Crippen molar-refractivity contribution < 1.29 is 14.3 Å². The minimum absolute atomic E-state index is 0.00813. The van der Waals surface area contributed by atoms with E-state index in [1.54, 1.807) is 0 Å². The zero-order valence-electron chi connectivity index (χ0n) is 16.2. The van der Waals surface area contributed by atoms with Gasteiger partial charge in [-0.15, -0.1) is 0 Å². The molecule has 0 saturated heterocycles.